The lowest BCUT2D eigenvalue weighted by Crippen LogP contribution is -2.52. The van der Waals surface area contributed by atoms with Crippen molar-refractivity contribution in [1.29, 1.82) is 0 Å². The Balaban J connectivity index is 2.00. The van der Waals surface area contributed by atoms with E-state index in [9.17, 15) is 9.90 Å². The van der Waals surface area contributed by atoms with Crippen LogP contribution in [0.2, 0.25) is 0 Å². The van der Waals surface area contributed by atoms with Crippen molar-refractivity contribution in [3.63, 3.8) is 0 Å². The Hall–Kier alpha value is -1.85. The molecule has 5 heteroatoms. The highest BCUT2D eigenvalue weighted by Gasteiger charge is 2.32. The molecule has 0 unspecified atom stereocenters. The summed E-state index contributed by atoms with van der Waals surface area (Å²) in [4.78, 5) is 13.8. The van der Waals surface area contributed by atoms with Gasteiger partial charge in [0.15, 0.2) is 0 Å². The van der Waals surface area contributed by atoms with Crippen LogP contribution in [0.1, 0.15) is 30.0 Å². The van der Waals surface area contributed by atoms with E-state index in [4.69, 9.17) is 9.15 Å². The predicted octanol–water partition coefficient (Wildman–Crippen LogP) is 2.74. The summed E-state index contributed by atoms with van der Waals surface area (Å²) < 4.78 is 11.3. The van der Waals surface area contributed by atoms with Crippen LogP contribution in [0.25, 0.3) is 11.0 Å². The van der Waals surface area contributed by atoms with E-state index < -0.39 is 5.97 Å². The Morgan fingerprint density at radius 3 is 2.86 bits per heavy atom. The second-order valence-corrected chi connectivity index (χ2v) is 5.99. The number of fused-ring (bicyclic) bond motifs is 1. The molecular formula is C16H19NO4. The highest BCUT2D eigenvalue weighted by molar-refractivity contribution is 6.03. The highest BCUT2D eigenvalue weighted by atomic mass is 16.5. The standard InChI is InChI=1S/C16H19NO4/c1-16(2)10-20-8-7-17(16)9-13-14(15(18)19)11-5-3-4-6-12(11)21-13/h3-6H,7-10H2,1-2H3,(H,18,19). The van der Waals surface area contributed by atoms with Gasteiger partial charge in [0.1, 0.15) is 16.9 Å². The van der Waals surface area contributed by atoms with Crippen molar-refractivity contribution in [2.24, 2.45) is 0 Å². The van der Waals surface area contributed by atoms with Crippen LogP contribution in [0.5, 0.6) is 0 Å². The van der Waals surface area contributed by atoms with Crippen molar-refractivity contribution in [3.05, 3.63) is 35.6 Å². The molecule has 0 spiro atoms. The molecule has 1 aromatic carbocycles. The van der Waals surface area contributed by atoms with Crippen LogP contribution in [-0.4, -0.2) is 41.3 Å². The van der Waals surface area contributed by atoms with Crippen LogP contribution >= 0.6 is 0 Å². The first kappa shape index (κ1) is 14.1. The van der Waals surface area contributed by atoms with Crippen molar-refractivity contribution in [2.45, 2.75) is 25.9 Å². The summed E-state index contributed by atoms with van der Waals surface area (Å²) >= 11 is 0. The van der Waals surface area contributed by atoms with Crippen LogP contribution < -0.4 is 0 Å². The van der Waals surface area contributed by atoms with Crippen molar-refractivity contribution in [3.8, 4) is 0 Å². The summed E-state index contributed by atoms with van der Waals surface area (Å²) in [6.07, 6.45) is 0. The minimum absolute atomic E-state index is 0.132. The number of rotatable bonds is 3. The fraction of sp³-hybridized carbons (Fsp3) is 0.438. The molecule has 2 aromatic rings. The third-order valence-electron chi connectivity index (χ3n) is 4.03. The van der Waals surface area contributed by atoms with Crippen LogP contribution in [0, 0.1) is 0 Å². The minimum Gasteiger partial charge on any atom is -0.478 e. The van der Waals surface area contributed by atoms with Gasteiger partial charge in [0.05, 0.1) is 19.8 Å². The quantitative estimate of drug-likeness (QED) is 0.941. The number of carboxylic acid groups (broad SMARTS) is 1. The molecule has 0 radical (unpaired) electrons. The number of carboxylic acids is 1. The molecule has 112 valence electrons. The maximum Gasteiger partial charge on any atom is 0.339 e. The summed E-state index contributed by atoms with van der Waals surface area (Å²) in [5.74, 6) is -0.431. The molecule has 1 N–H and O–H groups in total. The van der Waals surface area contributed by atoms with Gasteiger partial charge in [-0.05, 0) is 19.9 Å². The Bertz CT molecular complexity index is 674. The summed E-state index contributed by atoms with van der Waals surface area (Å²) in [6.45, 7) is 6.72. The number of benzene rings is 1. The summed E-state index contributed by atoms with van der Waals surface area (Å²) in [6, 6.07) is 7.26. The first-order valence-corrected chi connectivity index (χ1v) is 7.05. The first-order valence-electron chi connectivity index (χ1n) is 7.05. The second kappa shape index (κ2) is 5.16. The van der Waals surface area contributed by atoms with Gasteiger partial charge in [0.25, 0.3) is 0 Å². The lowest BCUT2D eigenvalue weighted by molar-refractivity contribution is -0.0576. The van der Waals surface area contributed by atoms with Crippen LogP contribution in [0.15, 0.2) is 28.7 Å². The maximum atomic E-state index is 11.6. The van der Waals surface area contributed by atoms with E-state index in [1.54, 1.807) is 12.1 Å². The van der Waals surface area contributed by atoms with Crippen LogP contribution in [0.3, 0.4) is 0 Å². The minimum atomic E-state index is -0.944. The van der Waals surface area contributed by atoms with Gasteiger partial charge >= 0.3 is 5.97 Å². The molecule has 0 atom stereocenters. The highest BCUT2D eigenvalue weighted by Crippen LogP contribution is 2.29. The normalized spacial score (nSPS) is 19.0. The van der Waals surface area contributed by atoms with Gasteiger partial charge in [-0.2, -0.15) is 0 Å². The zero-order valence-corrected chi connectivity index (χ0v) is 12.3. The van der Waals surface area contributed by atoms with Gasteiger partial charge in [-0.25, -0.2) is 4.79 Å². The van der Waals surface area contributed by atoms with Crippen molar-refractivity contribution in [2.75, 3.05) is 19.8 Å². The van der Waals surface area contributed by atoms with Gasteiger partial charge in [0, 0.05) is 17.5 Å². The molecule has 0 aliphatic carbocycles. The molecule has 5 nitrogen and oxygen atoms in total. The molecule has 1 saturated heterocycles. The predicted molar refractivity (Wildman–Crippen MR) is 78.5 cm³/mol. The number of hydrogen-bond acceptors (Lipinski definition) is 4. The molecule has 1 fully saturated rings. The van der Waals surface area contributed by atoms with E-state index in [0.717, 1.165) is 6.54 Å². The largest absolute Gasteiger partial charge is 0.478 e. The zero-order valence-electron chi connectivity index (χ0n) is 12.3. The Morgan fingerprint density at radius 2 is 2.14 bits per heavy atom. The lowest BCUT2D eigenvalue weighted by atomic mass is 10.0. The third-order valence-corrected chi connectivity index (χ3v) is 4.03. The van der Waals surface area contributed by atoms with Crippen LogP contribution in [0.4, 0.5) is 0 Å². The van der Waals surface area contributed by atoms with E-state index in [2.05, 4.69) is 18.7 Å². The fourth-order valence-corrected chi connectivity index (χ4v) is 2.80. The van der Waals surface area contributed by atoms with Gasteiger partial charge in [-0.3, -0.25) is 4.90 Å². The summed E-state index contributed by atoms with van der Waals surface area (Å²) in [5.41, 5.74) is 0.761. The topological polar surface area (TPSA) is 62.9 Å². The maximum absolute atomic E-state index is 11.6. The molecular weight excluding hydrogens is 270 g/mol. The molecule has 2 heterocycles. The lowest BCUT2D eigenvalue weighted by Gasteiger charge is -2.41. The van der Waals surface area contributed by atoms with Crippen LogP contribution in [-0.2, 0) is 11.3 Å². The molecule has 1 aliphatic rings. The number of ether oxygens (including phenoxy) is 1. The smallest absolute Gasteiger partial charge is 0.339 e. The number of hydrogen-bond donors (Lipinski definition) is 1. The van der Waals surface area contributed by atoms with Gasteiger partial charge in [0.2, 0.25) is 0 Å². The van der Waals surface area contributed by atoms with Gasteiger partial charge < -0.3 is 14.3 Å². The number of nitrogens with zero attached hydrogens (tertiary/aromatic N) is 1. The first-order chi connectivity index (χ1) is 9.99. The number of para-hydroxylation sites is 1. The Kier molecular flexibility index (Phi) is 3.47. The van der Waals surface area contributed by atoms with E-state index in [-0.39, 0.29) is 11.1 Å². The number of morpholine rings is 1. The zero-order chi connectivity index (χ0) is 15.0. The molecule has 0 saturated carbocycles. The average Bonchev–Trinajstić information content (AvgIpc) is 2.79. The van der Waals surface area contributed by atoms with E-state index in [0.29, 0.717) is 36.5 Å². The number of furan rings is 1. The van der Waals surface area contributed by atoms with E-state index >= 15 is 0 Å². The van der Waals surface area contributed by atoms with Gasteiger partial charge in [-0.15, -0.1) is 0 Å². The molecule has 0 amide bonds. The second-order valence-electron chi connectivity index (χ2n) is 5.99. The monoisotopic (exact) mass is 289 g/mol. The molecule has 0 bridgehead atoms. The van der Waals surface area contributed by atoms with Crippen molar-refractivity contribution in [1.82, 2.24) is 4.90 Å². The summed E-state index contributed by atoms with van der Waals surface area (Å²) in [5, 5.41) is 10.2. The van der Waals surface area contributed by atoms with Crippen molar-refractivity contribution < 1.29 is 19.1 Å². The fourth-order valence-electron chi connectivity index (χ4n) is 2.80. The Morgan fingerprint density at radius 1 is 1.38 bits per heavy atom. The van der Waals surface area contributed by atoms with Gasteiger partial charge in [-0.1, -0.05) is 18.2 Å². The van der Waals surface area contributed by atoms with E-state index in [1.165, 1.54) is 0 Å². The number of aromatic carboxylic acids is 1. The molecule has 1 aromatic heterocycles. The molecule has 21 heavy (non-hydrogen) atoms. The van der Waals surface area contributed by atoms with E-state index in [1.807, 2.05) is 12.1 Å². The van der Waals surface area contributed by atoms with Crippen molar-refractivity contribution >= 4 is 16.9 Å². The SMILES string of the molecule is CC1(C)COCCN1Cc1oc2ccccc2c1C(=O)O. The Labute approximate surface area is 123 Å². The third kappa shape index (κ3) is 2.54. The average molecular weight is 289 g/mol. The summed E-state index contributed by atoms with van der Waals surface area (Å²) in [7, 11) is 0. The number of carbonyl (C=O) groups is 1. The molecule has 3 rings (SSSR count). The molecule has 1 aliphatic heterocycles.